The normalized spacial score (nSPS) is 13.8. The van der Waals surface area contributed by atoms with Gasteiger partial charge >= 0.3 is 5.76 Å². The molecule has 0 aliphatic carbocycles. The Bertz CT molecular complexity index is 535. The summed E-state index contributed by atoms with van der Waals surface area (Å²) in [6.07, 6.45) is 0.613. The van der Waals surface area contributed by atoms with Crippen molar-refractivity contribution in [1.29, 1.82) is 0 Å². The number of hydrogen-bond acceptors (Lipinski definition) is 3. The maximum atomic E-state index is 12.7. The smallest absolute Gasteiger partial charge is 0.341 e. The zero-order valence-electron chi connectivity index (χ0n) is 11.3. The van der Waals surface area contributed by atoms with Crippen molar-refractivity contribution in [2.75, 3.05) is 11.2 Å². The van der Waals surface area contributed by atoms with Gasteiger partial charge in [0.1, 0.15) is 0 Å². The molecular weight excluding hydrogens is 308 g/mol. The number of hydrogen-bond donors (Lipinski definition) is 1. The summed E-state index contributed by atoms with van der Waals surface area (Å²) in [6, 6.07) is 5.61. The highest BCUT2D eigenvalue weighted by molar-refractivity contribution is 7.91. The van der Waals surface area contributed by atoms with E-state index in [1.54, 1.807) is 6.07 Å². The van der Waals surface area contributed by atoms with Crippen molar-refractivity contribution in [3.8, 4) is 0 Å². The van der Waals surface area contributed by atoms with Crippen LogP contribution in [-0.4, -0.2) is 26.1 Å². The molecule has 0 aliphatic heterocycles. The quantitative estimate of drug-likeness (QED) is 0.777. The molecule has 1 rings (SSSR count). The van der Waals surface area contributed by atoms with E-state index >= 15 is 0 Å². The van der Waals surface area contributed by atoms with E-state index < -0.39 is 15.6 Å². The van der Waals surface area contributed by atoms with Crippen molar-refractivity contribution in [3.05, 3.63) is 24.3 Å². The fourth-order valence-corrected chi connectivity index (χ4v) is 2.95. The molecule has 0 radical (unpaired) electrons. The summed E-state index contributed by atoms with van der Waals surface area (Å²) in [4.78, 5) is -0.379. The first-order valence-corrected chi connectivity index (χ1v) is 8.32. The summed E-state index contributed by atoms with van der Waals surface area (Å²) in [5, 5.41) is 3.01. The van der Waals surface area contributed by atoms with Crippen molar-refractivity contribution >= 4 is 27.1 Å². The molecule has 0 amide bonds. The molecule has 3 nitrogen and oxygen atoms in total. The van der Waals surface area contributed by atoms with Crippen LogP contribution in [0.15, 0.2) is 29.2 Å². The Morgan fingerprint density at radius 2 is 1.85 bits per heavy atom. The fraction of sp³-hybridized carbons (Fsp3) is 0.538. The van der Waals surface area contributed by atoms with Gasteiger partial charge in [-0.15, -0.1) is 11.6 Å². The molecule has 1 N–H and O–H groups in total. The van der Waals surface area contributed by atoms with Crippen LogP contribution >= 0.6 is 11.6 Å². The largest absolute Gasteiger partial charge is 0.381 e. The average Bonchev–Trinajstić information content (AvgIpc) is 2.38. The molecule has 114 valence electrons. The van der Waals surface area contributed by atoms with Crippen LogP contribution in [0.25, 0.3) is 0 Å². The lowest BCUT2D eigenvalue weighted by Gasteiger charge is -2.24. The molecule has 1 atom stereocenters. The van der Waals surface area contributed by atoms with Crippen molar-refractivity contribution in [2.45, 2.75) is 37.0 Å². The average molecular weight is 326 g/mol. The second kappa shape index (κ2) is 7.22. The maximum Gasteiger partial charge on any atom is 0.341 e. The first-order valence-electron chi connectivity index (χ1n) is 6.24. The molecule has 0 saturated heterocycles. The summed E-state index contributed by atoms with van der Waals surface area (Å²) in [6.45, 7) is 3.91. The second-order valence-corrected chi connectivity index (χ2v) is 7.04. The Hall–Kier alpha value is -0.880. The molecule has 0 aliphatic rings. The van der Waals surface area contributed by atoms with Gasteiger partial charge in [0.15, 0.2) is 0 Å². The van der Waals surface area contributed by atoms with Crippen molar-refractivity contribution in [3.63, 3.8) is 0 Å². The molecule has 1 aromatic rings. The molecule has 7 heteroatoms. The third kappa shape index (κ3) is 4.06. The minimum absolute atomic E-state index is 0.0819. The van der Waals surface area contributed by atoms with E-state index in [4.69, 9.17) is 11.6 Å². The molecule has 0 aromatic heterocycles. The number of sulfone groups is 1. The Morgan fingerprint density at radius 3 is 2.35 bits per heavy atom. The van der Waals surface area contributed by atoms with Crippen LogP contribution in [0.4, 0.5) is 14.5 Å². The molecule has 0 bridgehead atoms. The third-order valence-electron chi connectivity index (χ3n) is 2.99. The van der Waals surface area contributed by atoms with Gasteiger partial charge in [0.05, 0.1) is 10.6 Å². The van der Waals surface area contributed by atoms with E-state index in [1.165, 1.54) is 18.2 Å². The van der Waals surface area contributed by atoms with E-state index in [0.717, 1.165) is 0 Å². The Morgan fingerprint density at radius 1 is 1.25 bits per heavy atom. The van der Waals surface area contributed by atoms with Crippen LogP contribution in [-0.2, 0) is 9.84 Å². The van der Waals surface area contributed by atoms with Crippen LogP contribution in [0.5, 0.6) is 0 Å². The predicted octanol–water partition coefficient (Wildman–Crippen LogP) is 3.75. The van der Waals surface area contributed by atoms with Gasteiger partial charge in [0.2, 0.25) is 9.84 Å². The summed E-state index contributed by atoms with van der Waals surface area (Å²) in [7, 11) is -4.62. The summed E-state index contributed by atoms with van der Waals surface area (Å²) >= 11 is 5.71. The molecule has 0 saturated carbocycles. The highest BCUT2D eigenvalue weighted by atomic mass is 35.5. The number of rotatable bonds is 7. The van der Waals surface area contributed by atoms with E-state index in [0.29, 0.717) is 12.3 Å². The standard InChI is InChI=1S/C13H18ClF2NO2S/c1-9(2)10(7-8-14)17-11-5-3-4-6-12(11)20(18,19)13(15)16/h3-6,9-10,13,17H,7-8H2,1-2H3. The first kappa shape index (κ1) is 17.2. The van der Waals surface area contributed by atoms with E-state index in [9.17, 15) is 17.2 Å². The van der Waals surface area contributed by atoms with Gasteiger partial charge in [-0.25, -0.2) is 8.42 Å². The second-order valence-electron chi connectivity index (χ2n) is 4.77. The van der Waals surface area contributed by atoms with Crippen LogP contribution in [0.3, 0.4) is 0 Å². The van der Waals surface area contributed by atoms with Crippen LogP contribution in [0.2, 0.25) is 0 Å². The summed E-state index contributed by atoms with van der Waals surface area (Å²) in [5.74, 6) is -2.84. The van der Waals surface area contributed by atoms with E-state index in [2.05, 4.69) is 5.32 Å². The number of halogens is 3. The van der Waals surface area contributed by atoms with Gasteiger partial charge in [-0.1, -0.05) is 26.0 Å². The van der Waals surface area contributed by atoms with Gasteiger partial charge in [0, 0.05) is 11.9 Å². The topological polar surface area (TPSA) is 46.2 Å². The van der Waals surface area contributed by atoms with Crippen LogP contribution in [0, 0.1) is 5.92 Å². The third-order valence-corrected chi connectivity index (χ3v) is 4.65. The molecule has 20 heavy (non-hydrogen) atoms. The lowest BCUT2D eigenvalue weighted by molar-refractivity contribution is 0.235. The Labute approximate surface area is 123 Å². The molecule has 1 aromatic carbocycles. The number of para-hydroxylation sites is 1. The van der Waals surface area contributed by atoms with Crippen molar-refractivity contribution in [1.82, 2.24) is 0 Å². The van der Waals surface area contributed by atoms with Gasteiger partial charge in [-0.05, 0) is 24.5 Å². The predicted molar refractivity (Wildman–Crippen MR) is 77.2 cm³/mol. The lowest BCUT2D eigenvalue weighted by atomic mass is 10.0. The maximum absolute atomic E-state index is 12.7. The van der Waals surface area contributed by atoms with Crippen LogP contribution in [0.1, 0.15) is 20.3 Å². The minimum atomic E-state index is -4.62. The van der Waals surface area contributed by atoms with Gasteiger partial charge in [0.25, 0.3) is 0 Å². The van der Waals surface area contributed by atoms with Gasteiger partial charge in [-0.3, -0.25) is 0 Å². The number of nitrogens with one attached hydrogen (secondary N) is 1. The van der Waals surface area contributed by atoms with Crippen molar-refractivity contribution < 1.29 is 17.2 Å². The monoisotopic (exact) mass is 325 g/mol. The highest BCUT2D eigenvalue weighted by Gasteiger charge is 2.29. The van der Waals surface area contributed by atoms with Crippen molar-refractivity contribution in [2.24, 2.45) is 5.92 Å². The van der Waals surface area contributed by atoms with Gasteiger partial charge < -0.3 is 5.32 Å². The Kier molecular flexibility index (Phi) is 6.20. The first-order chi connectivity index (χ1) is 9.30. The molecular formula is C13H18ClF2NO2S. The number of benzene rings is 1. The highest BCUT2D eigenvalue weighted by Crippen LogP contribution is 2.28. The zero-order chi connectivity index (χ0) is 15.3. The fourth-order valence-electron chi connectivity index (χ4n) is 1.82. The molecule has 0 fully saturated rings. The van der Waals surface area contributed by atoms with Gasteiger partial charge in [-0.2, -0.15) is 8.78 Å². The summed E-state index contributed by atoms with van der Waals surface area (Å²) in [5.41, 5.74) is 0.191. The SMILES string of the molecule is CC(C)C(CCCl)Nc1ccccc1S(=O)(=O)C(F)F. The molecule has 0 heterocycles. The zero-order valence-corrected chi connectivity index (χ0v) is 12.9. The minimum Gasteiger partial charge on any atom is -0.381 e. The summed E-state index contributed by atoms with van der Waals surface area (Å²) < 4.78 is 48.7. The molecule has 1 unspecified atom stereocenters. The van der Waals surface area contributed by atoms with Crippen LogP contribution < -0.4 is 5.32 Å². The van der Waals surface area contributed by atoms with E-state index in [1.807, 2.05) is 13.8 Å². The number of anilines is 1. The lowest BCUT2D eigenvalue weighted by Crippen LogP contribution is -2.27. The molecule has 0 spiro atoms. The van der Waals surface area contributed by atoms with E-state index in [-0.39, 0.29) is 22.5 Å². The number of alkyl halides is 3. The Balaban J connectivity index is 3.14.